The SMILES string of the molecule is CNC(=O)c1cc(C(=O)NC)cc(-c2ccc(OC(O)C3(O)C(O)C(O)C3CO)c(OC)c2)c1. The van der Waals surface area contributed by atoms with Gasteiger partial charge in [-0.05, 0) is 41.5 Å². The highest BCUT2D eigenvalue weighted by atomic mass is 16.6. The second-order valence-corrected chi connectivity index (χ2v) is 7.90. The first-order valence-corrected chi connectivity index (χ1v) is 10.4. The summed E-state index contributed by atoms with van der Waals surface area (Å²) in [6.45, 7) is -0.680. The summed E-state index contributed by atoms with van der Waals surface area (Å²) in [7, 11) is 4.30. The van der Waals surface area contributed by atoms with Gasteiger partial charge >= 0.3 is 0 Å². The maximum atomic E-state index is 12.2. The lowest BCUT2D eigenvalue weighted by Gasteiger charge is -2.53. The molecule has 1 aliphatic rings. The lowest BCUT2D eigenvalue weighted by atomic mass is 9.64. The van der Waals surface area contributed by atoms with E-state index in [2.05, 4.69) is 10.6 Å². The van der Waals surface area contributed by atoms with Gasteiger partial charge in [0.25, 0.3) is 11.8 Å². The van der Waals surface area contributed by atoms with Crippen LogP contribution >= 0.6 is 0 Å². The zero-order chi connectivity index (χ0) is 25.2. The zero-order valence-electron chi connectivity index (χ0n) is 18.8. The van der Waals surface area contributed by atoms with Gasteiger partial charge in [0.1, 0.15) is 6.10 Å². The van der Waals surface area contributed by atoms with Crippen LogP contribution in [-0.4, -0.2) is 89.3 Å². The van der Waals surface area contributed by atoms with Crippen molar-refractivity contribution in [3.8, 4) is 22.6 Å². The van der Waals surface area contributed by atoms with Crippen molar-refractivity contribution in [3.05, 3.63) is 47.5 Å². The van der Waals surface area contributed by atoms with Gasteiger partial charge in [-0.15, -0.1) is 0 Å². The summed E-state index contributed by atoms with van der Waals surface area (Å²) in [5.41, 5.74) is -0.671. The van der Waals surface area contributed by atoms with Crippen LogP contribution in [-0.2, 0) is 0 Å². The molecule has 11 heteroatoms. The Hall–Kier alpha value is -3.22. The number of nitrogens with one attached hydrogen (secondary N) is 2. The number of carbonyl (C=O) groups excluding carboxylic acids is 2. The summed E-state index contributed by atoms with van der Waals surface area (Å²) in [5.74, 6) is -1.82. The average molecular weight is 476 g/mol. The Balaban J connectivity index is 1.95. The molecule has 0 aromatic heterocycles. The molecule has 2 aromatic rings. The van der Waals surface area contributed by atoms with Crippen LogP contribution in [0.25, 0.3) is 11.1 Å². The van der Waals surface area contributed by atoms with Crippen LogP contribution in [0.3, 0.4) is 0 Å². The Morgan fingerprint density at radius 2 is 1.59 bits per heavy atom. The molecule has 0 spiro atoms. The van der Waals surface area contributed by atoms with Crippen molar-refractivity contribution < 1.29 is 44.6 Å². The summed E-state index contributed by atoms with van der Waals surface area (Å²) in [6.07, 6.45) is -5.13. The molecule has 7 N–H and O–H groups in total. The smallest absolute Gasteiger partial charge is 0.251 e. The molecule has 1 fully saturated rings. The molecule has 1 aliphatic carbocycles. The fraction of sp³-hybridized carbons (Fsp3) is 0.391. The predicted octanol–water partition coefficient (Wildman–Crippen LogP) is -1.15. The summed E-state index contributed by atoms with van der Waals surface area (Å²) in [5, 5.41) is 55.1. The first kappa shape index (κ1) is 25.4. The van der Waals surface area contributed by atoms with E-state index in [1.165, 1.54) is 39.4 Å². The molecule has 0 saturated heterocycles. The second-order valence-electron chi connectivity index (χ2n) is 7.90. The summed E-state index contributed by atoms with van der Waals surface area (Å²) in [4.78, 5) is 24.4. The molecule has 11 nitrogen and oxygen atoms in total. The standard InChI is InChI=1S/C23H28N2O9/c1-24-20(29)13-6-12(7-14(8-13)21(30)25-2)11-4-5-16(17(9-11)33-3)34-22(31)23(32)15(10-26)18(27)19(23)28/h4-9,15,18-19,22,26-28,31-32H,10H2,1-3H3,(H,24,29)(H,25,30). The monoisotopic (exact) mass is 476 g/mol. The molecule has 184 valence electrons. The normalized spacial score (nSPS) is 24.5. The van der Waals surface area contributed by atoms with Crippen molar-refractivity contribution >= 4 is 11.8 Å². The van der Waals surface area contributed by atoms with Gasteiger partial charge < -0.3 is 45.6 Å². The van der Waals surface area contributed by atoms with Crippen LogP contribution in [0, 0.1) is 5.92 Å². The fourth-order valence-electron chi connectivity index (χ4n) is 3.96. The maximum absolute atomic E-state index is 12.2. The van der Waals surface area contributed by atoms with Crippen molar-refractivity contribution in [2.24, 2.45) is 5.92 Å². The Bertz CT molecular complexity index is 1040. The number of aliphatic hydroxyl groups is 5. The van der Waals surface area contributed by atoms with Crippen molar-refractivity contribution in [2.45, 2.75) is 24.1 Å². The molecule has 5 unspecified atom stereocenters. The topological polar surface area (TPSA) is 178 Å². The lowest BCUT2D eigenvalue weighted by molar-refractivity contribution is -0.332. The van der Waals surface area contributed by atoms with E-state index in [-0.39, 0.29) is 34.4 Å². The van der Waals surface area contributed by atoms with Crippen LogP contribution in [0.15, 0.2) is 36.4 Å². The molecule has 34 heavy (non-hydrogen) atoms. The van der Waals surface area contributed by atoms with E-state index in [1.54, 1.807) is 18.2 Å². The van der Waals surface area contributed by atoms with E-state index in [0.717, 1.165) is 0 Å². The highest BCUT2D eigenvalue weighted by molar-refractivity contribution is 6.01. The summed E-state index contributed by atoms with van der Waals surface area (Å²) < 4.78 is 10.7. The number of ether oxygens (including phenoxy) is 2. The zero-order valence-corrected chi connectivity index (χ0v) is 18.8. The Labute approximate surface area is 195 Å². The third-order valence-electron chi connectivity index (χ3n) is 6.04. The van der Waals surface area contributed by atoms with Crippen molar-refractivity contribution in [2.75, 3.05) is 27.8 Å². The van der Waals surface area contributed by atoms with Crippen molar-refractivity contribution in [1.82, 2.24) is 10.6 Å². The minimum atomic E-state index is -2.29. The number of hydrogen-bond donors (Lipinski definition) is 7. The van der Waals surface area contributed by atoms with Gasteiger partial charge in [0.05, 0.1) is 19.8 Å². The molecule has 1 saturated carbocycles. The molecule has 5 atom stereocenters. The number of rotatable bonds is 8. The predicted molar refractivity (Wildman–Crippen MR) is 119 cm³/mol. The molecule has 0 radical (unpaired) electrons. The third kappa shape index (κ3) is 4.31. The molecule has 0 heterocycles. The number of amides is 2. The van der Waals surface area contributed by atoms with Gasteiger partial charge in [-0.1, -0.05) is 6.07 Å². The number of benzene rings is 2. The molecule has 0 aliphatic heterocycles. The Kier molecular flexibility index (Phi) is 7.44. The highest BCUT2D eigenvalue weighted by Crippen LogP contribution is 2.43. The number of methoxy groups -OCH3 is 1. The second kappa shape index (κ2) is 9.95. The van der Waals surface area contributed by atoms with E-state index >= 15 is 0 Å². The minimum absolute atomic E-state index is 0.00596. The van der Waals surface area contributed by atoms with Crippen molar-refractivity contribution in [1.29, 1.82) is 0 Å². The summed E-state index contributed by atoms with van der Waals surface area (Å²) >= 11 is 0. The number of hydrogen-bond acceptors (Lipinski definition) is 9. The van der Waals surface area contributed by atoms with Crippen LogP contribution in [0.2, 0.25) is 0 Å². The highest BCUT2D eigenvalue weighted by Gasteiger charge is 2.65. The average Bonchev–Trinajstić information content (AvgIpc) is 2.87. The molecule has 0 bridgehead atoms. The first-order valence-electron chi connectivity index (χ1n) is 10.4. The van der Waals surface area contributed by atoms with Crippen molar-refractivity contribution in [3.63, 3.8) is 0 Å². The Morgan fingerprint density at radius 3 is 2.09 bits per heavy atom. The number of aliphatic hydroxyl groups excluding tert-OH is 4. The largest absolute Gasteiger partial charge is 0.493 e. The lowest BCUT2D eigenvalue weighted by Crippen LogP contribution is -2.76. The molecular formula is C23H28N2O9. The molecule has 3 rings (SSSR count). The molecular weight excluding hydrogens is 448 g/mol. The van der Waals surface area contributed by atoms with Crippen LogP contribution < -0.4 is 20.1 Å². The maximum Gasteiger partial charge on any atom is 0.251 e. The third-order valence-corrected chi connectivity index (χ3v) is 6.04. The van der Waals surface area contributed by atoms with Gasteiger partial charge in [0.2, 0.25) is 6.29 Å². The van der Waals surface area contributed by atoms with Crippen LogP contribution in [0.4, 0.5) is 0 Å². The quantitative estimate of drug-likeness (QED) is 0.232. The van der Waals surface area contributed by atoms with Crippen LogP contribution in [0.5, 0.6) is 11.5 Å². The van der Waals surface area contributed by atoms with E-state index in [4.69, 9.17) is 9.47 Å². The van der Waals surface area contributed by atoms with E-state index < -0.39 is 36.6 Å². The molecule has 2 amide bonds. The summed E-state index contributed by atoms with van der Waals surface area (Å²) in [6, 6.07) is 9.20. The minimum Gasteiger partial charge on any atom is -0.493 e. The van der Waals surface area contributed by atoms with E-state index in [9.17, 15) is 35.1 Å². The molecule has 2 aromatic carbocycles. The van der Waals surface area contributed by atoms with E-state index in [0.29, 0.717) is 11.1 Å². The van der Waals surface area contributed by atoms with Gasteiger partial charge in [0.15, 0.2) is 17.1 Å². The van der Waals surface area contributed by atoms with Crippen LogP contribution in [0.1, 0.15) is 20.7 Å². The Morgan fingerprint density at radius 1 is 1.00 bits per heavy atom. The van der Waals surface area contributed by atoms with Gasteiger partial charge in [-0.2, -0.15) is 0 Å². The van der Waals surface area contributed by atoms with Gasteiger partial charge in [-0.3, -0.25) is 9.59 Å². The van der Waals surface area contributed by atoms with Gasteiger partial charge in [0, 0.05) is 31.1 Å². The van der Waals surface area contributed by atoms with E-state index in [1.807, 2.05) is 0 Å². The first-order chi connectivity index (χ1) is 16.1. The fourth-order valence-corrected chi connectivity index (χ4v) is 3.96. The van der Waals surface area contributed by atoms with Gasteiger partial charge in [-0.25, -0.2) is 0 Å². The number of carbonyl (C=O) groups is 2.